The Hall–Kier alpha value is -0.480. The van der Waals surface area contributed by atoms with Gasteiger partial charge in [-0.15, -0.1) is 31.4 Å². The van der Waals surface area contributed by atoms with Gasteiger partial charge in [-0.1, -0.05) is 17.7 Å². The molecule has 1 aliphatic heterocycles. The van der Waals surface area contributed by atoms with Crippen molar-refractivity contribution in [3.63, 3.8) is 0 Å². The van der Waals surface area contributed by atoms with Gasteiger partial charge < -0.3 is 10.1 Å². The Morgan fingerprint density at radius 2 is 2.32 bits per heavy atom. The standard InChI is InChI=1S/C13H17ClN2O.2ClH/c1-2-4-10-7-12(8-16-13(10)14)17-9-11-5-3-6-15-11;;/h2,7-8,11,15H,1,3-6,9H2;2*1H/t11-;;/m1../s1. The zero-order chi connectivity index (χ0) is 12.1. The number of hydrogen-bond donors (Lipinski definition) is 1. The van der Waals surface area contributed by atoms with Gasteiger partial charge in [-0.25, -0.2) is 4.98 Å². The third kappa shape index (κ3) is 5.57. The zero-order valence-electron chi connectivity index (χ0n) is 10.6. The minimum absolute atomic E-state index is 0. The van der Waals surface area contributed by atoms with Crippen molar-refractivity contribution in [3.8, 4) is 5.75 Å². The molecule has 1 atom stereocenters. The van der Waals surface area contributed by atoms with Crippen LogP contribution in [-0.4, -0.2) is 24.2 Å². The largest absolute Gasteiger partial charge is 0.490 e. The topological polar surface area (TPSA) is 34.1 Å². The van der Waals surface area contributed by atoms with Crippen LogP contribution in [0, 0.1) is 0 Å². The van der Waals surface area contributed by atoms with E-state index in [1.165, 1.54) is 12.8 Å². The highest BCUT2D eigenvalue weighted by molar-refractivity contribution is 6.30. The van der Waals surface area contributed by atoms with Crippen molar-refractivity contribution in [1.29, 1.82) is 0 Å². The van der Waals surface area contributed by atoms with Crippen LogP contribution in [0.5, 0.6) is 5.75 Å². The first-order chi connectivity index (χ1) is 8.29. The van der Waals surface area contributed by atoms with E-state index >= 15 is 0 Å². The maximum atomic E-state index is 5.98. The molecule has 0 saturated carbocycles. The second kappa shape index (κ2) is 9.43. The minimum atomic E-state index is 0. The van der Waals surface area contributed by atoms with Crippen LogP contribution in [0.3, 0.4) is 0 Å². The van der Waals surface area contributed by atoms with Gasteiger partial charge in [-0.3, -0.25) is 0 Å². The molecule has 1 aromatic rings. The summed E-state index contributed by atoms with van der Waals surface area (Å²) in [7, 11) is 0. The maximum absolute atomic E-state index is 5.98. The Morgan fingerprint density at radius 1 is 1.53 bits per heavy atom. The summed E-state index contributed by atoms with van der Waals surface area (Å²) in [4.78, 5) is 4.12. The molecule has 108 valence electrons. The number of ether oxygens (including phenoxy) is 1. The van der Waals surface area contributed by atoms with Gasteiger partial charge in [0.25, 0.3) is 0 Å². The molecule has 1 aromatic heterocycles. The Bertz CT molecular complexity index is 395. The summed E-state index contributed by atoms with van der Waals surface area (Å²) in [6.07, 6.45) is 6.61. The lowest BCUT2D eigenvalue weighted by Crippen LogP contribution is -2.28. The van der Waals surface area contributed by atoms with E-state index in [4.69, 9.17) is 16.3 Å². The van der Waals surface area contributed by atoms with Crippen molar-refractivity contribution in [2.45, 2.75) is 25.3 Å². The number of halogens is 3. The van der Waals surface area contributed by atoms with Crippen LogP contribution in [0.15, 0.2) is 24.9 Å². The molecule has 3 nitrogen and oxygen atoms in total. The first-order valence-corrected chi connectivity index (χ1v) is 6.29. The van der Waals surface area contributed by atoms with Crippen LogP contribution in [0.1, 0.15) is 18.4 Å². The van der Waals surface area contributed by atoms with E-state index in [0.29, 0.717) is 24.2 Å². The van der Waals surface area contributed by atoms with Crippen LogP contribution in [0.4, 0.5) is 0 Å². The third-order valence-electron chi connectivity index (χ3n) is 2.86. The highest BCUT2D eigenvalue weighted by Crippen LogP contribution is 2.20. The number of aromatic nitrogens is 1. The predicted octanol–water partition coefficient (Wildman–Crippen LogP) is 3.44. The van der Waals surface area contributed by atoms with Gasteiger partial charge in [0.1, 0.15) is 17.5 Å². The summed E-state index contributed by atoms with van der Waals surface area (Å²) in [5, 5.41) is 3.91. The fourth-order valence-electron chi connectivity index (χ4n) is 1.95. The molecular formula is C13H19Cl3N2O. The molecule has 2 rings (SSSR count). The molecule has 0 bridgehead atoms. The van der Waals surface area contributed by atoms with Crippen LogP contribution in [0.2, 0.25) is 5.15 Å². The Morgan fingerprint density at radius 3 is 2.95 bits per heavy atom. The lowest BCUT2D eigenvalue weighted by atomic mass is 10.2. The van der Waals surface area contributed by atoms with Crippen molar-refractivity contribution >= 4 is 36.4 Å². The number of allylic oxidation sites excluding steroid dienone is 1. The van der Waals surface area contributed by atoms with Crippen molar-refractivity contribution in [2.24, 2.45) is 0 Å². The molecule has 19 heavy (non-hydrogen) atoms. The molecule has 0 aromatic carbocycles. The lowest BCUT2D eigenvalue weighted by Gasteiger charge is -2.12. The summed E-state index contributed by atoms with van der Waals surface area (Å²) >= 11 is 5.98. The van der Waals surface area contributed by atoms with E-state index in [1.807, 2.05) is 12.1 Å². The van der Waals surface area contributed by atoms with Crippen LogP contribution in [-0.2, 0) is 6.42 Å². The Kier molecular flexibility index (Phi) is 9.19. The number of pyridine rings is 1. The smallest absolute Gasteiger partial charge is 0.138 e. The van der Waals surface area contributed by atoms with E-state index in [0.717, 1.165) is 17.9 Å². The third-order valence-corrected chi connectivity index (χ3v) is 3.20. The SMILES string of the molecule is C=CCc1cc(OC[C@H]2CCCN2)cnc1Cl.Cl.Cl. The van der Waals surface area contributed by atoms with E-state index < -0.39 is 0 Å². The molecule has 0 unspecified atom stereocenters. The second-order valence-electron chi connectivity index (χ2n) is 4.22. The molecule has 0 aliphatic carbocycles. The first-order valence-electron chi connectivity index (χ1n) is 5.91. The Balaban J connectivity index is 0.00000162. The lowest BCUT2D eigenvalue weighted by molar-refractivity contribution is 0.276. The highest BCUT2D eigenvalue weighted by atomic mass is 35.5. The fourth-order valence-corrected chi connectivity index (χ4v) is 2.13. The van der Waals surface area contributed by atoms with Gasteiger partial charge in [-0.2, -0.15) is 0 Å². The monoisotopic (exact) mass is 324 g/mol. The number of rotatable bonds is 5. The van der Waals surface area contributed by atoms with Crippen LogP contribution in [0.25, 0.3) is 0 Å². The van der Waals surface area contributed by atoms with Gasteiger partial charge in [0.2, 0.25) is 0 Å². The van der Waals surface area contributed by atoms with E-state index in [2.05, 4.69) is 16.9 Å². The molecule has 0 amide bonds. The average Bonchev–Trinajstić information content (AvgIpc) is 2.83. The normalized spacial score (nSPS) is 17.2. The van der Waals surface area contributed by atoms with E-state index in [9.17, 15) is 0 Å². The van der Waals surface area contributed by atoms with Crippen molar-refractivity contribution in [1.82, 2.24) is 10.3 Å². The average molecular weight is 326 g/mol. The molecule has 1 N–H and O–H groups in total. The quantitative estimate of drug-likeness (QED) is 0.665. The first kappa shape index (κ1) is 18.5. The van der Waals surface area contributed by atoms with Gasteiger partial charge >= 0.3 is 0 Å². The molecule has 1 fully saturated rings. The number of nitrogens with zero attached hydrogens (tertiary/aromatic N) is 1. The van der Waals surface area contributed by atoms with Gasteiger partial charge in [0.05, 0.1) is 6.20 Å². The van der Waals surface area contributed by atoms with Crippen LogP contribution >= 0.6 is 36.4 Å². The maximum Gasteiger partial charge on any atom is 0.138 e. The predicted molar refractivity (Wildman–Crippen MR) is 84.2 cm³/mol. The summed E-state index contributed by atoms with van der Waals surface area (Å²) in [5.74, 6) is 0.778. The molecular weight excluding hydrogens is 307 g/mol. The van der Waals surface area contributed by atoms with Crippen molar-refractivity contribution in [3.05, 3.63) is 35.6 Å². The molecule has 0 radical (unpaired) electrons. The molecule has 1 aliphatic rings. The second-order valence-corrected chi connectivity index (χ2v) is 4.58. The Labute approximate surface area is 131 Å². The molecule has 0 spiro atoms. The molecule has 2 heterocycles. The van der Waals surface area contributed by atoms with Gasteiger partial charge in [0, 0.05) is 6.04 Å². The number of nitrogens with one attached hydrogen (secondary N) is 1. The van der Waals surface area contributed by atoms with Gasteiger partial charge in [0.15, 0.2) is 0 Å². The van der Waals surface area contributed by atoms with Crippen molar-refractivity contribution in [2.75, 3.05) is 13.2 Å². The van der Waals surface area contributed by atoms with E-state index in [-0.39, 0.29) is 24.8 Å². The molecule has 1 saturated heterocycles. The van der Waals surface area contributed by atoms with Crippen LogP contribution < -0.4 is 10.1 Å². The summed E-state index contributed by atoms with van der Waals surface area (Å²) in [6, 6.07) is 2.40. The summed E-state index contributed by atoms with van der Waals surface area (Å²) < 4.78 is 5.71. The fraction of sp³-hybridized carbons (Fsp3) is 0.462. The highest BCUT2D eigenvalue weighted by Gasteiger charge is 2.14. The van der Waals surface area contributed by atoms with Crippen molar-refractivity contribution < 1.29 is 4.74 Å². The van der Waals surface area contributed by atoms with E-state index in [1.54, 1.807) is 6.20 Å². The minimum Gasteiger partial charge on any atom is -0.490 e. The number of hydrogen-bond acceptors (Lipinski definition) is 3. The summed E-state index contributed by atoms with van der Waals surface area (Å²) in [5.41, 5.74) is 0.957. The summed E-state index contributed by atoms with van der Waals surface area (Å²) in [6.45, 7) is 5.48. The zero-order valence-corrected chi connectivity index (χ0v) is 13.0. The van der Waals surface area contributed by atoms with Gasteiger partial charge in [-0.05, 0) is 37.4 Å². The molecule has 6 heteroatoms.